The van der Waals surface area contributed by atoms with Gasteiger partial charge in [-0.3, -0.25) is 4.79 Å². The number of phenols is 2. The van der Waals surface area contributed by atoms with Crippen LogP contribution in [0.15, 0.2) is 47.4 Å². The molecule has 0 aromatic heterocycles. The van der Waals surface area contributed by atoms with Crippen molar-refractivity contribution in [2.24, 2.45) is 0 Å². The standard InChI is InChI=1S/C14H11ClO5S/c15-10-3-1-2-4-14(10)21(19,20)8-13(18)9-5-6-11(16)12(17)7-9/h1-7,16-17H,8H2. The van der Waals surface area contributed by atoms with E-state index in [1.165, 1.54) is 24.3 Å². The number of carbonyl (C=O) groups excluding carboxylic acids is 1. The Labute approximate surface area is 126 Å². The van der Waals surface area contributed by atoms with Crippen molar-refractivity contribution in [2.45, 2.75) is 4.90 Å². The molecule has 0 bridgehead atoms. The van der Waals surface area contributed by atoms with E-state index >= 15 is 0 Å². The molecule has 7 heteroatoms. The number of benzene rings is 2. The second-order valence-electron chi connectivity index (χ2n) is 4.32. The number of carbonyl (C=O) groups is 1. The van der Waals surface area contributed by atoms with Crippen molar-refractivity contribution in [1.29, 1.82) is 0 Å². The number of Topliss-reactive ketones (excluding diaryl/α,β-unsaturated/α-hetero) is 1. The van der Waals surface area contributed by atoms with Crippen molar-refractivity contribution in [3.8, 4) is 11.5 Å². The van der Waals surface area contributed by atoms with Crippen molar-refractivity contribution < 1.29 is 23.4 Å². The Bertz CT molecular complexity index is 799. The zero-order valence-corrected chi connectivity index (χ0v) is 12.2. The van der Waals surface area contributed by atoms with Crippen LogP contribution in [0.2, 0.25) is 5.02 Å². The first-order valence-corrected chi connectivity index (χ1v) is 7.87. The van der Waals surface area contributed by atoms with Gasteiger partial charge in [-0.05, 0) is 30.3 Å². The summed E-state index contributed by atoms with van der Waals surface area (Å²) in [7, 11) is -3.89. The van der Waals surface area contributed by atoms with E-state index in [2.05, 4.69) is 0 Å². The highest BCUT2D eigenvalue weighted by Gasteiger charge is 2.23. The Kier molecular flexibility index (Phi) is 4.20. The predicted molar refractivity (Wildman–Crippen MR) is 77.6 cm³/mol. The van der Waals surface area contributed by atoms with Crippen molar-refractivity contribution in [3.63, 3.8) is 0 Å². The summed E-state index contributed by atoms with van der Waals surface area (Å²) in [6.45, 7) is 0. The number of hydrogen-bond acceptors (Lipinski definition) is 5. The number of ketones is 1. The third-order valence-electron chi connectivity index (χ3n) is 2.79. The molecule has 5 nitrogen and oxygen atoms in total. The third kappa shape index (κ3) is 3.34. The number of sulfone groups is 1. The van der Waals surface area contributed by atoms with Gasteiger partial charge in [-0.2, -0.15) is 0 Å². The zero-order valence-electron chi connectivity index (χ0n) is 10.7. The van der Waals surface area contributed by atoms with E-state index in [0.717, 1.165) is 12.1 Å². The molecule has 2 rings (SSSR count). The first-order valence-electron chi connectivity index (χ1n) is 5.84. The average molecular weight is 327 g/mol. The van der Waals surface area contributed by atoms with Crippen molar-refractivity contribution in [3.05, 3.63) is 53.1 Å². The number of aromatic hydroxyl groups is 2. The van der Waals surface area contributed by atoms with Gasteiger partial charge >= 0.3 is 0 Å². The molecular formula is C14H11ClO5S. The Morgan fingerprint density at radius 3 is 2.33 bits per heavy atom. The van der Waals surface area contributed by atoms with Gasteiger partial charge < -0.3 is 10.2 Å². The lowest BCUT2D eigenvalue weighted by Crippen LogP contribution is -2.16. The summed E-state index contributed by atoms with van der Waals surface area (Å²) in [4.78, 5) is 11.9. The predicted octanol–water partition coefficient (Wildman–Crippen LogP) is 2.41. The van der Waals surface area contributed by atoms with Gasteiger partial charge in [0.15, 0.2) is 27.1 Å². The highest BCUT2D eigenvalue weighted by atomic mass is 35.5. The Hall–Kier alpha value is -2.05. The van der Waals surface area contributed by atoms with Crippen molar-refractivity contribution >= 4 is 27.2 Å². The summed E-state index contributed by atoms with van der Waals surface area (Å²) in [6, 6.07) is 9.20. The van der Waals surface area contributed by atoms with Gasteiger partial charge in [0.05, 0.1) is 9.92 Å². The molecule has 0 aliphatic heterocycles. The first-order chi connectivity index (χ1) is 9.81. The zero-order chi connectivity index (χ0) is 15.6. The topological polar surface area (TPSA) is 91.7 Å². The van der Waals surface area contributed by atoms with Crippen LogP contribution in [-0.2, 0) is 9.84 Å². The normalized spacial score (nSPS) is 11.3. The van der Waals surface area contributed by atoms with E-state index in [9.17, 15) is 23.4 Å². The molecule has 0 atom stereocenters. The summed E-state index contributed by atoms with van der Waals surface area (Å²) in [5.41, 5.74) is -0.0130. The highest BCUT2D eigenvalue weighted by Crippen LogP contribution is 2.26. The van der Waals surface area contributed by atoms with Crippen LogP contribution in [0.25, 0.3) is 0 Å². The van der Waals surface area contributed by atoms with Crippen LogP contribution in [0.3, 0.4) is 0 Å². The molecule has 2 aromatic rings. The summed E-state index contributed by atoms with van der Waals surface area (Å²) in [6.07, 6.45) is 0. The van der Waals surface area contributed by atoms with Crippen LogP contribution in [0, 0.1) is 0 Å². The molecule has 2 N–H and O–H groups in total. The van der Waals surface area contributed by atoms with Crippen LogP contribution in [-0.4, -0.2) is 30.2 Å². The maximum atomic E-state index is 12.2. The molecule has 0 heterocycles. The lowest BCUT2D eigenvalue weighted by Gasteiger charge is -2.06. The van der Waals surface area contributed by atoms with Crippen LogP contribution in [0.1, 0.15) is 10.4 Å². The van der Waals surface area contributed by atoms with Gasteiger partial charge in [0.2, 0.25) is 0 Å². The van der Waals surface area contributed by atoms with E-state index in [4.69, 9.17) is 11.6 Å². The van der Waals surface area contributed by atoms with Gasteiger partial charge in [-0.25, -0.2) is 8.42 Å². The molecule has 0 amide bonds. The third-order valence-corrected chi connectivity index (χ3v) is 4.90. The Morgan fingerprint density at radius 1 is 1.05 bits per heavy atom. The number of rotatable bonds is 4. The van der Waals surface area contributed by atoms with Crippen LogP contribution in [0.4, 0.5) is 0 Å². The van der Waals surface area contributed by atoms with Gasteiger partial charge in [-0.1, -0.05) is 23.7 Å². The van der Waals surface area contributed by atoms with Crippen molar-refractivity contribution in [1.82, 2.24) is 0 Å². The molecule has 0 saturated heterocycles. The molecule has 0 saturated carbocycles. The number of halogens is 1. The Balaban J connectivity index is 2.30. The maximum absolute atomic E-state index is 12.2. The van der Waals surface area contributed by atoms with E-state index in [-0.39, 0.29) is 21.2 Å². The molecule has 0 radical (unpaired) electrons. The lowest BCUT2D eigenvalue weighted by molar-refractivity contribution is 0.102. The van der Waals surface area contributed by atoms with E-state index in [1.807, 2.05) is 0 Å². The van der Waals surface area contributed by atoms with Gasteiger partial charge in [-0.15, -0.1) is 0 Å². The Morgan fingerprint density at radius 2 is 1.71 bits per heavy atom. The molecule has 2 aromatic carbocycles. The maximum Gasteiger partial charge on any atom is 0.187 e. The second kappa shape index (κ2) is 5.75. The van der Waals surface area contributed by atoms with Crippen molar-refractivity contribution in [2.75, 3.05) is 5.75 Å². The molecule has 21 heavy (non-hydrogen) atoms. The van der Waals surface area contributed by atoms with Gasteiger partial charge in [0.25, 0.3) is 0 Å². The quantitative estimate of drug-likeness (QED) is 0.665. The monoisotopic (exact) mass is 326 g/mol. The summed E-state index contributed by atoms with van der Waals surface area (Å²) >= 11 is 5.82. The molecular weight excluding hydrogens is 316 g/mol. The SMILES string of the molecule is O=C(CS(=O)(=O)c1ccccc1Cl)c1ccc(O)c(O)c1. The first kappa shape index (κ1) is 15.3. The van der Waals surface area contributed by atoms with E-state index < -0.39 is 27.1 Å². The fraction of sp³-hybridized carbons (Fsp3) is 0.0714. The smallest absolute Gasteiger partial charge is 0.187 e. The van der Waals surface area contributed by atoms with Gasteiger partial charge in [0.1, 0.15) is 5.75 Å². The summed E-state index contributed by atoms with van der Waals surface area (Å²) in [5.74, 6) is -2.36. The molecule has 0 fully saturated rings. The molecule has 0 aliphatic carbocycles. The van der Waals surface area contributed by atoms with Crippen LogP contribution in [0.5, 0.6) is 11.5 Å². The summed E-state index contributed by atoms with van der Waals surface area (Å²) < 4.78 is 24.3. The number of phenolic OH excluding ortho intramolecular Hbond substituents is 2. The molecule has 0 aliphatic rings. The lowest BCUT2D eigenvalue weighted by atomic mass is 10.1. The minimum absolute atomic E-state index is 0.0130. The van der Waals surface area contributed by atoms with Gasteiger partial charge in [0, 0.05) is 5.56 Å². The summed E-state index contributed by atoms with van der Waals surface area (Å²) in [5, 5.41) is 18.6. The minimum atomic E-state index is -3.89. The highest BCUT2D eigenvalue weighted by molar-refractivity contribution is 7.92. The molecule has 0 spiro atoms. The van der Waals surface area contributed by atoms with E-state index in [0.29, 0.717) is 0 Å². The van der Waals surface area contributed by atoms with Crippen LogP contribution >= 0.6 is 11.6 Å². The average Bonchev–Trinajstić information content (AvgIpc) is 2.41. The minimum Gasteiger partial charge on any atom is -0.504 e. The van der Waals surface area contributed by atoms with Crippen LogP contribution < -0.4 is 0 Å². The fourth-order valence-corrected chi connectivity index (χ4v) is 3.53. The number of hydrogen-bond donors (Lipinski definition) is 2. The van der Waals surface area contributed by atoms with E-state index in [1.54, 1.807) is 6.07 Å². The molecule has 110 valence electrons. The largest absolute Gasteiger partial charge is 0.504 e. The molecule has 0 unspecified atom stereocenters. The fourth-order valence-electron chi connectivity index (χ4n) is 1.73. The second-order valence-corrected chi connectivity index (χ2v) is 6.68.